The number of amides is 1. The molecular weight excluding hydrogens is 827 g/mol. The van der Waals surface area contributed by atoms with Gasteiger partial charge in [0.2, 0.25) is 5.91 Å². The van der Waals surface area contributed by atoms with E-state index in [1.165, 1.54) is 205 Å². The molecule has 1 saturated heterocycles. The summed E-state index contributed by atoms with van der Waals surface area (Å²) in [6, 6.07) is -0.818. The maximum atomic E-state index is 13.0. The van der Waals surface area contributed by atoms with Crippen molar-refractivity contribution in [1.29, 1.82) is 0 Å². The van der Waals surface area contributed by atoms with E-state index in [-0.39, 0.29) is 12.5 Å². The number of unbranched alkanes of at least 4 members (excludes halogenated alkanes) is 34. The minimum atomic E-state index is -1.57. The van der Waals surface area contributed by atoms with Gasteiger partial charge in [0.25, 0.3) is 0 Å². The largest absolute Gasteiger partial charge is 0.394 e. The van der Waals surface area contributed by atoms with Crippen LogP contribution in [0.1, 0.15) is 264 Å². The van der Waals surface area contributed by atoms with Gasteiger partial charge in [0.15, 0.2) is 6.29 Å². The van der Waals surface area contributed by atoms with Gasteiger partial charge in [-0.1, -0.05) is 237 Å². The summed E-state index contributed by atoms with van der Waals surface area (Å²) in [4.78, 5) is 13.0. The van der Waals surface area contributed by atoms with Crippen molar-refractivity contribution in [2.45, 2.75) is 307 Å². The molecule has 0 radical (unpaired) electrons. The molecule has 0 aliphatic carbocycles. The van der Waals surface area contributed by atoms with Crippen molar-refractivity contribution in [1.82, 2.24) is 5.32 Å². The quantitative estimate of drug-likeness (QED) is 0.0261. The zero-order valence-corrected chi connectivity index (χ0v) is 43.0. The maximum Gasteiger partial charge on any atom is 0.220 e. The third-order valence-corrected chi connectivity index (χ3v) is 13.4. The van der Waals surface area contributed by atoms with Gasteiger partial charge in [0.1, 0.15) is 24.4 Å². The Labute approximate surface area is 406 Å². The molecule has 9 nitrogen and oxygen atoms in total. The summed E-state index contributed by atoms with van der Waals surface area (Å²) in [7, 11) is 0. The molecule has 66 heavy (non-hydrogen) atoms. The van der Waals surface area contributed by atoms with E-state index in [2.05, 4.69) is 43.5 Å². The molecule has 1 fully saturated rings. The number of aliphatic hydroxyl groups is 5. The summed E-state index contributed by atoms with van der Waals surface area (Å²) in [6.45, 7) is 3.74. The van der Waals surface area contributed by atoms with Crippen LogP contribution in [-0.4, -0.2) is 87.5 Å². The first kappa shape index (κ1) is 62.4. The Morgan fingerprint density at radius 1 is 0.500 bits per heavy atom. The second-order valence-electron chi connectivity index (χ2n) is 19.7. The lowest BCUT2D eigenvalue weighted by Crippen LogP contribution is -2.60. The number of ether oxygens (including phenoxy) is 2. The van der Waals surface area contributed by atoms with Crippen LogP contribution in [0.3, 0.4) is 0 Å². The number of rotatable bonds is 48. The van der Waals surface area contributed by atoms with E-state index in [0.29, 0.717) is 6.42 Å². The Balaban J connectivity index is 2.08. The monoisotopic (exact) mass is 934 g/mol. The molecule has 0 saturated carbocycles. The molecule has 1 rings (SSSR count). The van der Waals surface area contributed by atoms with Crippen molar-refractivity contribution in [3.05, 3.63) is 36.5 Å². The highest BCUT2D eigenvalue weighted by atomic mass is 16.7. The molecule has 1 heterocycles. The average Bonchev–Trinajstić information content (AvgIpc) is 3.32. The summed E-state index contributed by atoms with van der Waals surface area (Å²) >= 11 is 0. The molecule has 1 amide bonds. The third kappa shape index (κ3) is 36.4. The fourth-order valence-corrected chi connectivity index (χ4v) is 8.93. The van der Waals surface area contributed by atoms with E-state index in [1.54, 1.807) is 6.08 Å². The molecule has 0 bridgehead atoms. The van der Waals surface area contributed by atoms with Crippen LogP contribution in [0.4, 0.5) is 0 Å². The molecule has 388 valence electrons. The zero-order chi connectivity index (χ0) is 48.0. The summed E-state index contributed by atoms with van der Waals surface area (Å²) in [5, 5.41) is 54.2. The molecule has 9 heteroatoms. The lowest BCUT2D eigenvalue weighted by molar-refractivity contribution is -0.302. The summed E-state index contributed by atoms with van der Waals surface area (Å²) in [5.41, 5.74) is 0. The van der Waals surface area contributed by atoms with Gasteiger partial charge >= 0.3 is 0 Å². The number of nitrogens with one attached hydrogen (secondary N) is 1. The van der Waals surface area contributed by atoms with Crippen LogP contribution in [0, 0.1) is 0 Å². The zero-order valence-electron chi connectivity index (χ0n) is 43.0. The average molecular weight is 934 g/mol. The van der Waals surface area contributed by atoms with Gasteiger partial charge in [0, 0.05) is 6.42 Å². The van der Waals surface area contributed by atoms with E-state index in [0.717, 1.165) is 38.5 Å². The molecule has 0 spiro atoms. The van der Waals surface area contributed by atoms with Crippen LogP contribution < -0.4 is 5.32 Å². The molecule has 6 N–H and O–H groups in total. The van der Waals surface area contributed by atoms with Gasteiger partial charge in [-0.2, -0.15) is 0 Å². The Kier molecular flexibility index (Phi) is 44.6. The van der Waals surface area contributed by atoms with Crippen molar-refractivity contribution < 1.29 is 39.8 Å². The van der Waals surface area contributed by atoms with Crippen molar-refractivity contribution in [2.24, 2.45) is 0 Å². The number of carbonyl (C=O) groups is 1. The van der Waals surface area contributed by atoms with Crippen LogP contribution in [0.5, 0.6) is 0 Å². The first-order valence-corrected chi connectivity index (χ1v) is 28.2. The molecule has 7 atom stereocenters. The lowest BCUT2D eigenvalue weighted by atomic mass is 9.99. The Bertz CT molecular complexity index is 1130. The fraction of sp³-hybridized carbons (Fsp3) is 0.877. The van der Waals surface area contributed by atoms with Crippen molar-refractivity contribution >= 4 is 5.91 Å². The van der Waals surface area contributed by atoms with Gasteiger partial charge in [-0.05, 0) is 57.8 Å². The van der Waals surface area contributed by atoms with Crippen LogP contribution in [0.2, 0.25) is 0 Å². The number of hydrogen-bond donors (Lipinski definition) is 6. The Hall–Kier alpha value is -1.59. The van der Waals surface area contributed by atoms with E-state index < -0.39 is 49.5 Å². The Morgan fingerprint density at radius 3 is 1.29 bits per heavy atom. The molecule has 1 aliphatic heterocycles. The molecule has 1 aliphatic rings. The standard InChI is InChI=1S/C57H107NO8/c1-3-5-7-9-11-13-15-16-17-18-19-20-21-22-23-24-25-26-27-28-29-30-31-32-33-34-35-36-37-39-41-43-45-47-53(61)58-50(49-65-57-56(64)55(63)54(62)52(48-59)66-57)51(60)46-44-42-40-38-14-12-10-8-6-4-2/h14,22-23,38,44,46,50-52,54-57,59-60,62-64H,3-13,15-21,24-37,39-43,45,47-49H2,1-2H3,(H,58,61)/b23-22-,38-14+,46-44+. The first-order valence-electron chi connectivity index (χ1n) is 28.2. The van der Waals surface area contributed by atoms with Crippen molar-refractivity contribution in [3.8, 4) is 0 Å². The predicted octanol–water partition coefficient (Wildman–Crippen LogP) is 13.6. The molecule has 0 aromatic carbocycles. The molecule has 0 aromatic rings. The van der Waals surface area contributed by atoms with E-state index in [1.807, 2.05) is 6.08 Å². The van der Waals surface area contributed by atoms with Gasteiger partial charge in [-0.3, -0.25) is 4.79 Å². The highest BCUT2D eigenvalue weighted by Gasteiger charge is 2.44. The predicted molar refractivity (Wildman–Crippen MR) is 276 cm³/mol. The molecule has 7 unspecified atom stereocenters. The number of aliphatic hydroxyl groups excluding tert-OH is 5. The third-order valence-electron chi connectivity index (χ3n) is 13.4. The number of hydrogen-bond acceptors (Lipinski definition) is 8. The minimum absolute atomic E-state index is 0.186. The molecule has 0 aromatic heterocycles. The van der Waals surface area contributed by atoms with Crippen molar-refractivity contribution in [3.63, 3.8) is 0 Å². The van der Waals surface area contributed by atoms with Gasteiger partial charge in [-0.15, -0.1) is 0 Å². The van der Waals surface area contributed by atoms with Crippen LogP contribution in [-0.2, 0) is 14.3 Å². The summed E-state index contributed by atoms with van der Waals surface area (Å²) < 4.78 is 11.2. The maximum absolute atomic E-state index is 13.0. The topological polar surface area (TPSA) is 149 Å². The number of allylic oxidation sites excluding steroid dienone is 5. The normalized spacial score (nSPS) is 20.0. The Morgan fingerprint density at radius 2 is 0.864 bits per heavy atom. The van der Waals surface area contributed by atoms with Gasteiger partial charge in [0.05, 0.1) is 25.4 Å². The molecular formula is C57H107NO8. The summed E-state index contributed by atoms with van der Waals surface area (Å²) in [5.74, 6) is -0.186. The van der Waals surface area contributed by atoms with E-state index in [4.69, 9.17) is 9.47 Å². The van der Waals surface area contributed by atoms with Crippen LogP contribution >= 0.6 is 0 Å². The fourth-order valence-electron chi connectivity index (χ4n) is 8.93. The van der Waals surface area contributed by atoms with Gasteiger partial charge in [-0.25, -0.2) is 0 Å². The van der Waals surface area contributed by atoms with E-state index >= 15 is 0 Å². The smallest absolute Gasteiger partial charge is 0.220 e. The second-order valence-corrected chi connectivity index (χ2v) is 19.7. The first-order chi connectivity index (χ1) is 32.3. The van der Waals surface area contributed by atoms with E-state index in [9.17, 15) is 30.3 Å². The highest BCUT2D eigenvalue weighted by molar-refractivity contribution is 5.76. The number of carbonyl (C=O) groups excluding carboxylic acids is 1. The minimum Gasteiger partial charge on any atom is -0.394 e. The SMILES string of the molecule is CCCCCC/C=C/CC/C=C/C(O)C(COC1OC(CO)C(O)C(O)C1O)NC(=O)CCCCCCCCCCCCCCCCCCC/C=C\CCCCCCCCCCCCCC. The summed E-state index contributed by atoms with van der Waals surface area (Å²) in [6.07, 6.45) is 53.9. The van der Waals surface area contributed by atoms with Crippen LogP contribution in [0.25, 0.3) is 0 Å². The highest BCUT2D eigenvalue weighted by Crippen LogP contribution is 2.23. The van der Waals surface area contributed by atoms with Crippen molar-refractivity contribution in [2.75, 3.05) is 13.2 Å². The van der Waals surface area contributed by atoms with Gasteiger partial charge < -0.3 is 40.3 Å². The van der Waals surface area contributed by atoms with Crippen LogP contribution in [0.15, 0.2) is 36.5 Å². The second kappa shape index (κ2) is 47.1. The lowest BCUT2D eigenvalue weighted by Gasteiger charge is -2.40.